The highest BCUT2D eigenvalue weighted by atomic mass is 79.9. The van der Waals surface area contributed by atoms with Crippen LogP contribution in [-0.4, -0.2) is 37.7 Å². The monoisotopic (exact) mass is 343 g/mol. The lowest BCUT2D eigenvalue weighted by Gasteiger charge is -2.20. The summed E-state index contributed by atoms with van der Waals surface area (Å²) in [6.45, 7) is 2.82. The van der Waals surface area contributed by atoms with Gasteiger partial charge in [0.1, 0.15) is 0 Å². The number of esters is 1. The Balaban J connectivity index is 2.82. The van der Waals surface area contributed by atoms with Gasteiger partial charge in [-0.15, -0.1) is 0 Å². The van der Waals surface area contributed by atoms with E-state index in [1.165, 1.54) is 12.0 Å². The standard InChI is InChI=1S/C14H18BrNO4/c1-3-10-20-13(17)11-4-6-12(7-5-11)16(9-8-15)14(18)19-2/h4-7H,3,8-10H2,1-2H3. The topological polar surface area (TPSA) is 55.8 Å². The molecule has 1 aromatic rings. The summed E-state index contributed by atoms with van der Waals surface area (Å²) in [5.74, 6) is -0.358. The third kappa shape index (κ3) is 4.52. The first-order valence-electron chi connectivity index (χ1n) is 6.32. The highest BCUT2D eigenvalue weighted by Crippen LogP contribution is 2.17. The van der Waals surface area contributed by atoms with E-state index >= 15 is 0 Å². The summed E-state index contributed by atoms with van der Waals surface area (Å²) in [5.41, 5.74) is 1.13. The molecule has 0 heterocycles. The van der Waals surface area contributed by atoms with E-state index in [0.717, 1.165) is 6.42 Å². The van der Waals surface area contributed by atoms with Crippen LogP contribution in [-0.2, 0) is 9.47 Å². The molecule has 1 aromatic carbocycles. The first kappa shape index (κ1) is 16.5. The van der Waals surface area contributed by atoms with E-state index in [1.807, 2.05) is 6.92 Å². The number of rotatable bonds is 6. The fourth-order valence-electron chi connectivity index (χ4n) is 1.58. The van der Waals surface area contributed by atoms with Crippen LogP contribution in [0.3, 0.4) is 0 Å². The molecule has 0 saturated carbocycles. The molecule has 110 valence electrons. The highest BCUT2D eigenvalue weighted by molar-refractivity contribution is 9.09. The van der Waals surface area contributed by atoms with Gasteiger partial charge in [-0.1, -0.05) is 22.9 Å². The molecule has 1 rings (SSSR count). The second-order valence-corrected chi connectivity index (χ2v) is 4.79. The van der Waals surface area contributed by atoms with E-state index in [2.05, 4.69) is 15.9 Å². The lowest BCUT2D eigenvalue weighted by atomic mass is 10.2. The van der Waals surface area contributed by atoms with E-state index in [-0.39, 0.29) is 5.97 Å². The molecule has 0 fully saturated rings. The van der Waals surface area contributed by atoms with Crippen molar-refractivity contribution in [1.29, 1.82) is 0 Å². The van der Waals surface area contributed by atoms with Gasteiger partial charge < -0.3 is 9.47 Å². The number of methoxy groups -OCH3 is 1. The molecule has 1 amide bonds. The van der Waals surface area contributed by atoms with Crippen LogP contribution in [0.2, 0.25) is 0 Å². The summed E-state index contributed by atoms with van der Waals surface area (Å²) in [4.78, 5) is 24.8. The molecule has 6 heteroatoms. The third-order valence-corrected chi connectivity index (χ3v) is 2.91. The predicted octanol–water partition coefficient (Wildman–Crippen LogP) is 3.22. The minimum atomic E-state index is -0.439. The number of carbonyl (C=O) groups is 2. The van der Waals surface area contributed by atoms with Gasteiger partial charge in [-0.3, -0.25) is 4.90 Å². The molecular formula is C14H18BrNO4. The Morgan fingerprint density at radius 1 is 1.25 bits per heavy atom. The Morgan fingerprint density at radius 2 is 1.90 bits per heavy atom. The van der Waals surface area contributed by atoms with Gasteiger partial charge in [0, 0.05) is 17.6 Å². The lowest BCUT2D eigenvalue weighted by Crippen LogP contribution is -2.32. The molecule has 0 atom stereocenters. The fourth-order valence-corrected chi connectivity index (χ4v) is 1.93. The zero-order chi connectivity index (χ0) is 15.0. The van der Waals surface area contributed by atoms with Gasteiger partial charge in [-0.2, -0.15) is 0 Å². The van der Waals surface area contributed by atoms with Gasteiger partial charge in [0.15, 0.2) is 0 Å². The average molecular weight is 344 g/mol. The molecular weight excluding hydrogens is 326 g/mol. The summed E-state index contributed by atoms with van der Waals surface area (Å²) in [6.07, 6.45) is 0.344. The summed E-state index contributed by atoms with van der Waals surface area (Å²) >= 11 is 3.29. The molecule has 0 unspecified atom stereocenters. The maximum Gasteiger partial charge on any atom is 0.414 e. The van der Waals surface area contributed by atoms with E-state index < -0.39 is 6.09 Å². The molecule has 0 aliphatic rings. The molecule has 5 nitrogen and oxygen atoms in total. The number of carbonyl (C=O) groups excluding carboxylic acids is 2. The van der Waals surface area contributed by atoms with Crippen LogP contribution in [0, 0.1) is 0 Å². The average Bonchev–Trinajstić information content (AvgIpc) is 2.49. The first-order valence-corrected chi connectivity index (χ1v) is 7.44. The Hall–Kier alpha value is -1.56. The maximum absolute atomic E-state index is 11.7. The van der Waals surface area contributed by atoms with Crippen LogP contribution < -0.4 is 4.90 Å². The fraction of sp³-hybridized carbons (Fsp3) is 0.429. The van der Waals surface area contributed by atoms with Crippen LogP contribution in [0.4, 0.5) is 10.5 Å². The minimum absolute atomic E-state index is 0.358. The summed E-state index contributed by atoms with van der Waals surface area (Å²) in [6, 6.07) is 6.67. The van der Waals surface area contributed by atoms with Crippen molar-refractivity contribution < 1.29 is 19.1 Å². The highest BCUT2D eigenvalue weighted by Gasteiger charge is 2.16. The van der Waals surface area contributed by atoms with Crippen molar-refractivity contribution in [3.05, 3.63) is 29.8 Å². The van der Waals surface area contributed by atoms with E-state index in [0.29, 0.717) is 29.7 Å². The zero-order valence-corrected chi connectivity index (χ0v) is 13.2. The van der Waals surface area contributed by atoms with Crippen LogP contribution in [0.25, 0.3) is 0 Å². The van der Waals surface area contributed by atoms with Gasteiger partial charge in [0.25, 0.3) is 0 Å². The number of benzene rings is 1. The Labute approximate surface area is 127 Å². The van der Waals surface area contributed by atoms with Crippen LogP contribution >= 0.6 is 15.9 Å². The Kier molecular flexibility index (Phi) is 7.08. The largest absolute Gasteiger partial charge is 0.462 e. The molecule has 0 N–H and O–H groups in total. The van der Waals surface area contributed by atoms with Gasteiger partial charge in [-0.25, -0.2) is 9.59 Å². The molecule has 0 aliphatic carbocycles. The Morgan fingerprint density at radius 3 is 2.40 bits per heavy atom. The number of anilines is 1. The number of hydrogen-bond acceptors (Lipinski definition) is 4. The van der Waals surface area contributed by atoms with E-state index in [4.69, 9.17) is 9.47 Å². The van der Waals surface area contributed by atoms with Crippen molar-refractivity contribution in [2.75, 3.05) is 30.5 Å². The maximum atomic E-state index is 11.7. The normalized spacial score (nSPS) is 9.95. The first-order chi connectivity index (χ1) is 9.63. The molecule has 0 radical (unpaired) electrons. The predicted molar refractivity (Wildman–Crippen MR) is 80.6 cm³/mol. The number of ether oxygens (including phenoxy) is 2. The summed E-state index contributed by atoms with van der Waals surface area (Å²) in [5, 5.41) is 0.627. The summed E-state index contributed by atoms with van der Waals surface area (Å²) in [7, 11) is 1.33. The second-order valence-electron chi connectivity index (χ2n) is 3.99. The van der Waals surface area contributed by atoms with Crippen molar-refractivity contribution in [2.45, 2.75) is 13.3 Å². The van der Waals surface area contributed by atoms with Crippen molar-refractivity contribution in [2.24, 2.45) is 0 Å². The number of halogens is 1. The summed E-state index contributed by atoms with van der Waals surface area (Å²) < 4.78 is 9.77. The lowest BCUT2D eigenvalue weighted by molar-refractivity contribution is 0.0505. The quantitative estimate of drug-likeness (QED) is 0.587. The van der Waals surface area contributed by atoms with Gasteiger partial charge in [-0.05, 0) is 30.7 Å². The van der Waals surface area contributed by atoms with Gasteiger partial charge in [0.2, 0.25) is 0 Å². The smallest absolute Gasteiger partial charge is 0.414 e. The second kappa shape index (κ2) is 8.58. The Bertz CT molecular complexity index is 447. The number of nitrogens with zero attached hydrogens (tertiary/aromatic N) is 1. The van der Waals surface area contributed by atoms with E-state index in [1.54, 1.807) is 24.3 Å². The SMILES string of the molecule is CCCOC(=O)c1ccc(N(CCBr)C(=O)OC)cc1. The zero-order valence-electron chi connectivity index (χ0n) is 11.6. The molecule has 0 aliphatic heterocycles. The van der Waals surface area contributed by atoms with Gasteiger partial charge >= 0.3 is 12.1 Å². The third-order valence-electron chi connectivity index (χ3n) is 2.56. The van der Waals surface area contributed by atoms with Crippen molar-refractivity contribution in [3.63, 3.8) is 0 Å². The van der Waals surface area contributed by atoms with E-state index in [9.17, 15) is 9.59 Å². The molecule has 0 saturated heterocycles. The van der Waals surface area contributed by atoms with Crippen LogP contribution in [0.15, 0.2) is 24.3 Å². The minimum Gasteiger partial charge on any atom is -0.462 e. The molecule has 0 bridgehead atoms. The van der Waals surface area contributed by atoms with Gasteiger partial charge in [0.05, 0.1) is 19.3 Å². The number of amides is 1. The van der Waals surface area contributed by atoms with Crippen molar-refractivity contribution in [3.8, 4) is 0 Å². The molecule has 0 aromatic heterocycles. The van der Waals surface area contributed by atoms with Crippen molar-refractivity contribution in [1.82, 2.24) is 0 Å². The molecule has 0 spiro atoms. The number of hydrogen-bond donors (Lipinski definition) is 0. The van der Waals surface area contributed by atoms with Crippen molar-refractivity contribution >= 4 is 33.7 Å². The van der Waals surface area contributed by atoms with Crippen LogP contribution in [0.1, 0.15) is 23.7 Å². The number of alkyl halides is 1. The van der Waals surface area contributed by atoms with Crippen LogP contribution in [0.5, 0.6) is 0 Å². The molecule has 20 heavy (non-hydrogen) atoms.